The van der Waals surface area contributed by atoms with E-state index in [1.54, 1.807) is 19.1 Å². The Balaban J connectivity index is 1.98. The maximum Gasteiger partial charge on any atom is 0.338 e. The molecular formula is C28H23Cl2NO8. The first-order valence-corrected chi connectivity index (χ1v) is 12.4. The number of halogens is 2. The number of anilines is 1. The second-order valence-corrected chi connectivity index (χ2v) is 9.10. The Morgan fingerprint density at radius 3 is 2.28 bits per heavy atom. The van der Waals surface area contributed by atoms with Gasteiger partial charge in [-0.25, -0.2) is 4.79 Å². The highest BCUT2D eigenvalue weighted by atomic mass is 35.5. The van der Waals surface area contributed by atoms with Gasteiger partial charge in [-0.05, 0) is 48.9 Å². The Morgan fingerprint density at radius 2 is 1.67 bits per heavy atom. The Labute approximate surface area is 233 Å². The van der Waals surface area contributed by atoms with Crippen molar-refractivity contribution >= 4 is 52.3 Å². The molecule has 1 atom stereocenters. The highest BCUT2D eigenvalue weighted by Crippen LogP contribution is 2.48. The fourth-order valence-electron chi connectivity index (χ4n) is 4.36. The molecule has 1 aliphatic rings. The van der Waals surface area contributed by atoms with E-state index in [1.807, 2.05) is 0 Å². The monoisotopic (exact) mass is 571 g/mol. The smallest absolute Gasteiger partial charge is 0.338 e. The maximum atomic E-state index is 13.5. The fraction of sp³-hybridized carbons (Fsp3) is 0.179. The quantitative estimate of drug-likeness (QED) is 0.164. The number of nitrogens with zero attached hydrogens (tertiary/aromatic N) is 1. The molecule has 11 heteroatoms. The lowest BCUT2D eigenvalue weighted by molar-refractivity contribution is -0.132. The number of esters is 1. The summed E-state index contributed by atoms with van der Waals surface area (Å²) in [4.78, 5) is 40.5. The van der Waals surface area contributed by atoms with Crippen molar-refractivity contribution in [1.82, 2.24) is 0 Å². The number of carbonyl (C=O) groups is 3. The molecule has 39 heavy (non-hydrogen) atoms. The molecule has 0 saturated carbocycles. The predicted molar refractivity (Wildman–Crippen MR) is 145 cm³/mol. The lowest BCUT2D eigenvalue weighted by atomic mass is 9.94. The van der Waals surface area contributed by atoms with Crippen LogP contribution in [0.25, 0.3) is 5.76 Å². The van der Waals surface area contributed by atoms with Crippen LogP contribution >= 0.6 is 23.2 Å². The van der Waals surface area contributed by atoms with Crippen LogP contribution in [0.2, 0.25) is 10.0 Å². The van der Waals surface area contributed by atoms with E-state index in [2.05, 4.69) is 0 Å². The molecule has 0 aromatic heterocycles. The minimum atomic E-state index is -1.16. The number of ketones is 1. The van der Waals surface area contributed by atoms with E-state index in [-0.39, 0.29) is 56.3 Å². The second kappa shape index (κ2) is 11.3. The number of aliphatic hydroxyl groups excluding tert-OH is 1. The third-order valence-corrected chi connectivity index (χ3v) is 6.71. The molecule has 1 heterocycles. The van der Waals surface area contributed by atoms with Crippen LogP contribution in [-0.4, -0.2) is 48.7 Å². The zero-order valence-electron chi connectivity index (χ0n) is 21.0. The third-order valence-electron chi connectivity index (χ3n) is 6.08. The predicted octanol–water partition coefficient (Wildman–Crippen LogP) is 5.52. The number of aromatic hydroxyl groups is 1. The zero-order valence-corrected chi connectivity index (χ0v) is 22.5. The largest absolute Gasteiger partial charge is 0.508 e. The van der Waals surface area contributed by atoms with Gasteiger partial charge in [0.05, 0.1) is 48.6 Å². The van der Waals surface area contributed by atoms with Crippen molar-refractivity contribution in [1.29, 1.82) is 0 Å². The van der Waals surface area contributed by atoms with Gasteiger partial charge in [-0.1, -0.05) is 41.4 Å². The SMILES string of the molecule is CCOC(=O)c1cccc(N2C(=O)C(=O)/C(=C(/O)c3cc(Cl)c(OC)c(Cl)c3OC)C2c2ccc(O)cc2)c1. The van der Waals surface area contributed by atoms with Gasteiger partial charge in [0.1, 0.15) is 16.5 Å². The molecule has 9 nitrogen and oxygen atoms in total. The van der Waals surface area contributed by atoms with E-state index >= 15 is 0 Å². The third kappa shape index (κ3) is 4.98. The molecule has 3 aromatic rings. The van der Waals surface area contributed by atoms with Crippen molar-refractivity contribution in [3.05, 3.63) is 86.9 Å². The van der Waals surface area contributed by atoms with Crippen LogP contribution < -0.4 is 14.4 Å². The van der Waals surface area contributed by atoms with Gasteiger partial charge >= 0.3 is 5.97 Å². The van der Waals surface area contributed by atoms with Crippen molar-refractivity contribution in [3.63, 3.8) is 0 Å². The number of benzene rings is 3. The van der Waals surface area contributed by atoms with E-state index in [0.717, 1.165) is 4.90 Å². The second-order valence-electron chi connectivity index (χ2n) is 8.32. The number of phenols is 1. The number of amides is 1. The first kappa shape index (κ1) is 27.8. The zero-order chi connectivity index (χ0) is 28.4. The summed E-state index contributed by atoms with van der Waals surface area (Å²) in [6, 6.07) is 11.9. The lowest BCUT2D eigenvalue weighted by Crippen LogP contribution is -2.29. The summed E-state index contributed by atoms with van der Waals surface area (Å²) in [6.07, 6.45) is 0. The molecule has 4 rings (SSSR count). The number of hydrogen-bond acceptors (Lipinski definition) is 8. The molecule has 0 spiro atoms. The lowest BCUT2D eigenvalue weighted by Gasteiger charge is -2.26. The summed E-state index contributed by atoms with van der Waals surface area (Å²) in [5, 5.41) is 21.3. The average molecular weight is 572 g/mol. The van der Waals surface area contributed by atoms with Gasteiger partial charge in [0.25, 0.3) is 11.7 Å². The first-order valence-electron chi connectivity index (χ1n) is 11.6. The molecule has 1 aliphatic heterocycles. The van der Waals surface area contributed by atoms with Gasteiger partial charge in [-0.2, -0.15) is 0 Å². The van der Waals surface area contributed by atoms with E-state index in [9.17, 15) is 24.6 Å². The minimum absolute atomic E-state index is 0.0300. The Kier molecular flexibility index (Phi) is 8.03. The van der Waals surface area contributed by atoms with Gasteiger partial charge in [-0.3, -0.25) is 14.5 Å². The Morgan fingerprint density at radius 1 is 1.00 bits per heavy atom. The van der Waals surface area contributed by atoms with E-state index in [1.165, 1.54) is 56.7 Å². The molecule has 0 bridgehead atoms. The molecule has 1 saturated heterocycles. The molecule has 3 aromatic carbocycles. The first-order chi connectivity index (χ1) is 18.6. The number of carbonyl (C=O) groups excluding carboxylic acids is 3. The van der Waals surface area contributed by atoms with Crippen LogP contribution in [0.3, 0.4) is 0 Å². The van der Waals surface area contributed by atoms with Gasteiger partial charge in [0.15, 0.2) is 11.5 Å². The van der Waals surface area contributed by atoms with Gasteiger partial charge in [-0.15, -0.1) is 0 Å². The van der Waals surface area contributed by atoms with Gasteiger partial charge in [0, 0.05) is 5.69 Å². The van der Waals surface area contributed by atoms with Crippen molar-refractivity contribution in [2.75, 3.05) is 25.7 Å². The number of phenolic OH excluding ortho intramolecular Hbond substituents is 1. The molecule has 1 fully saturated rings. The topological polar surface area (TPSA) is 123 Å². The van der Waals surface area contributed by atoms with Gasteiger partial charge < -0.3 is 24.4 Å². The normalized spacial score (nSPS) is 16.3. The van der Waals surface area contributed by atoms with Crippen molar-refractivity contribution in [3.8, 4) is 17.2 Å². The molecule has 1 unspecified atom stereocenters. The summed E-state index contributed by atoms with van der Waals surface area (Å²) in [6.45, 7) is 1.81. The van der Waals surface area contributed by atoms with Crippen LogP contribution in [0.15, 0.2) is 60.2 Å². The Hall–Kier alpha value is -4.21. The molecule has 0 aliphatic carbocycles. The molecule has 0 radical (unpaired) electrons. The summed E-state index contributed by atoms with van der Waals surface area (Å²) in [5.74, 6) is -3.15. The number of Topliss-reactive ketones (excluding diaryl/α,β-unsaturated/α-hetero) is 1. The maximum absolute atomic E-state index is 13.5. The standard InChI is InChI=1S/C28H23Cl2NO8/c1-4-39-28(36)15-6-5-7-16(12-15)31-22(14-8-10-17(32)11-9-14)20(24(34)27(31)35)23(33)18-13-19(29)26(38-3)21(30)25(18)37-2/h5-13,22,32-33H,4H2,1-3H3/b23-20+. The molecule has 2 N–H and O–H groups in total. The number of ether oxygens (including phenoxy) is 3. The average Bonchev–Trinajstić information content (AvgIpc) is 3.19. The number of rotatable bonds is 7. The van der Waals surface area contributed by atoms with Crippen LogP contribution in [0.5, 0.6) is 17.2 Å². The summed E-state index contributed by atoms with van der Waals surface area (Å²) in [7, 11) is 2.66. The van der Waals surface area contributed by atoms with Crippen molar-refractivity contribution < 1.29 is 38.8 Å². The van der Waals surface area contributed by atoms with E-state index in [0.29, 0.717) is 5.56 Å². The van der Waals surface area contributed by atoms with Crippen LogP contribution in [-0.2, 0) is 14.3 Å². The van der Waals surface area contributed by atoms with Gasteiger partial charge in [0.2, 0.25) is 0 Å². The van der Waals surface area contributed by atoms with Crippen molar-refractivity contribution in [2.24, 2.45) is 0 Å². The summed E-state index contributed by atoms with van der Waals surface area (Å²) >= 11 is 12.7. The summed E-state index contributed by atoms with van der Waals surface area (Å²) < 4.78 is 15.7. The van der Waals surface area contributed by atoms with E-state index in [4.69, 9.17) is 37.4 Å². The number of aliphatic hydroxyl groups is 1. The van der Waals surface area contributed by atoms with Crippen LogP contribution in [0, 0.1) is 0 Å². The molecule has 202 valence electrons. The van der Waals surface area contributed by atoms with Crippen molar-refractivity contribution in [2.45, 2.75) is 13.0 Å². The number of hydrogen-bond donors (Lipinski definition) is 2. The van der Waals surface area contributed by atoms with Crippen LogP contribution in [0.4, 0.5) is 5.69 Å². The van der Waals surface area contributed by atoms with E-state index < -0.39 is 29.5 Å². The van der Waals surface area contributed by atoms with Crippen LogP contribution in [0.1, 0.15) is 34.5 Å². The highest BCUT2D eigenvalue weighted by Gasteiger charge is 2.47. The molecular weight excluding hydrogens is 549 g/mol. The minimum Gasteiger partial charge on any atom is -0.508 e. The number of methoxy groups -OCH3 is 2. The Bertz CT molecular complexity index is 1500. The fourth-order valence-corrected chi connectivity index (χ4v) is 5.05. The summed E-state index contributed by atoms with van der Waals surface area (Å²) in [5.41, 5.74) is 0.423. The molecule has 1 amide bonds. The highest BCUT2D eigenvalue weighted by molar-refractivity contribution is 6.52.